The summed E-state index contributed by atoms with van der Waals surface area (Å²) in [6.07, 6.45) is 1.82. The van der Waals surface area contributed by atoms with E-state index in [0.717, 1.165) is 36.4 Å². The third-order valence-corrected chi connectivity index (χ3v) is 7.14. The highest BCUT2D eigenvalue weighted by molar-refractivity contribution is 7.17. The molecule has 2 aromatic heterocycles. The van der Waals surface area contributed by atoms with Crippen LogP contribution in [0.15, 0.2) is 22.9 Å². The Hall–Kier alpha value is -1.78. The summed E-state index contributed by atoms with van der Waals surface area (Å²) < 4.78 is 16.5. The Labute approximate surface area is 183 Å². The lowest BCUT2D eigenvalue weighted by atomic mass is 9.96. The summed E-state index contributed by atoms with van der Waals surface area (Å²) in [6, 6.07) is 3.90. The quantitative estimate of drug-likeness (QED) is 0.649. The van der Waals surface area contributed by atoms with Gasteiger partial charge in [-0.15, -0.1) is 22.7 Å². The molecule has 2 aliphatic rings. The molecule has 30 heavy (non-hydrogen) atoms. The van der Waals surface area contributed by atoms with Crippen LogP contribution in [-0.4, -0.2) is 62.5 Å². The molecule has 2 fully saturated rings. The second kappa shape index (κ2) is 10.0. The summed E-state index contributed by atoms with van der Waals surface area (Å²) in [5, 5.41) is 7.35. The van der Waals surface area contributed by atoms with E-state index in [4.69, 9.17) is 14.2 Å². The molecule has 0 spiro atoms. The number of anilines is 1. The van der Waals surface area contributed by atoms with E-state index in [1.165, 1.54) is 11.3 Å². The molecule has 0 unspecified atom stereocenters. The number of likely N-dealkylation sites (tertiary alicyclic amines) is 1. The molecule has 0 bridgehead atoms. The number of amides is 1. The molecule has 0 saturated carbocycles. The zero-order valence-electron chi connectivity index (χ0n) is 16.9. The van der Waals surface area contributed by atoms with Crippen LogP contribution in [0.3, 0.4) is 0 Å². The van der Waals surface area contributed by atoms with E-state index in [1.807, 2.05) is 22.9 Å². The highest BCUT2D eigenvalue weighted by Gasteiger charge is 2.31. The molecular formula is C21H26N2O5S2. The largest absolute Gasteiger partial charge is 0.462 e. The maximum atomic E-state index is 12.7. The Kier molecular flexibility index (Phi) is 7.16. The van der Waals surface area contributed by atoms with Gasteiger partial charge in [0.2, 0.25) is 5.91 Å². The monoisotopic (exact) mass is 450 g/mol. The van der Waals surface area contributed by atoms with Crippen LogP contribution in [-0.2, 0) is 19.0 Å². The molecule has 1 amide bonds. The van der Waals surface area contributed by atoms with Gasteiger partial charge < -0.3 is 19.5 Å². The Bertz CT molecular complexity index is 853. The fourth-order valence-corrected chi connectivity index (χ4v) is 5.66. The van der Waals surface area contributed by atoms with Gasteiger partial charge in [0.25, 0.3) is 0 Å². The average Bonchev–Trinajstić information content (AvgIpc) is 3.50. The number of esters is 1. The van der Waals surface area contributed by atoms with Gasteiger partial charge in [-0.3, -0.25) is 9.69 Å². The minimum atomic E-state index is -0.408. The van der Waals surface area contributed by atoms with Gasteiger partial charge in [0.05, 0.1) is 26.4 Å². The third-order valence-electron chi connectivity index (χ3n) is 5.34. The second-order valence-electron chi connectivity index (χ2n) is 7.32. The number of thiophene rings is 2. The van der Waals surface area contributed by atoms with E-state index in [1.54, 1.807) is 18.3 Å². The maximum absolute atomic E-state index is 12.7. The van der Waals surface area contributed by atoms with Crippen LogP contribution in [0.1, 0.15) is 30.1 Å². The maximum Gasteiger partial charge on any atom is 0.341 e. The molecule has 9 heteroatoms. The molecule has 2 aliphatic heterocycles. The van der Waals surface area contributed by atoms with Gasteiger partial charge in [-0.05, 0) is 44.3 Å². The number of nitrogens with zero attached hydrogens (tertiary/aromatic N) is 1. The molecular weight excluding hydrogens is 424 g/mol. The van der Waals surface area contributed by atoms with Gasteiger partial charge in [0.1, 0.15) is 10.6 Å². The molecule has 4 heterocycles. The van der Waals surface area contributed by atoms with Crippen LogP contribution in [0.5, 0.6) is 0 Å². The fraction of sp³-hybridized carbons (Fsp3) is 0.524. The first kappa shape index (κ1) is 21.5. The molecule has 0 aliphatic carbocycles. The summed E-state index contributed by atoms with van der Waals surface area (Å²) in [6.45, 7) is 5.37. The number of rotatable bonds is 7. The van der Waals surface area contributed by atoms with E-state index in [-0.39, 0.29) is 18.8 Å². The van der Waals surface area contributed by atoms with Crippen molar-refractivity contribution < 1.29 is 23.8 Å². The zero-order valence-corrected chi connectivity index (χ0v) is 18.6. The lowest BCUT2D eigenvalue weighted by Gasteiger charge is -2.33. The van der Waals surface area contributed by atoms with Crippen LogP contribution in [0, 0.1) is 5.92 Å². The number of carbonyl (C=O) groups excluding carboxylic acids is 2. The number of carbonyl (C=O) groups is 2. The van der Waals surface area contributed by atoms with Crippen LogP contribution in [0.25, 0.3) is 10.4 Å². The fourth-order valence-electron chi connectivity index (χ4n) is 3.87. The smallest absolute Gasteiger partial charge is 0.341 e. The van der Waals surface area contributed by atoms with E-state index >= 15 is 0 Å². The van der Waals surface area contributed by atoms with Crippen molar-refractivity contribution >= 4 is 39.6 Å². The summed E-state index contributed by atoms with van der Waals surface area (Å²) >= 11 is 2.91. The lowest BCUT2D eigenvalue weighted by Crippen LogP contribution is -2.41. The first-order chi connectivity index (χ1) is 14.7. The number of piperidine rings is 1. The molecule has 2 aromatic rings. The number of ether oxygens (including phenoxy) is 3. The number of nitrogens with one attached hydrogen (secondary N) is 1. The van der Waals surface area contributed by atoms with Crippen molar-refractivity contribution in [3.05, 3.63) is 28.5 Å². The van der Waals surface area contributed by atoms with Gasteiger partial charge in [-0.25, -0.2) is 4.79 Å². The Morgan fingerprint density at radius 3 is 2.67 bits per heavy atom. The van der Waals surface area contributed by atoms with Crippen molar-refractivity contribution in [3.8, 4) is 10.4 Å². The van der Waals surface area contributed by atoms with Gasteiger partial charge in [0, 0.05) is 21.7 Å². The SMILES string of the molecule is CCOC(=O)c1c(-c2cccs2)csc1NC(=O)CN1CCC(C2OCCO2)CC1. The van der Waals surface area contributed by atoms with Gasteiger partial charge in [0.15, 0.2) is 6.29 Å². The van der Waals surface area contributed by atoms with Gasteiger partial charge >= 0.3 is 5.97 Å². The summed E-state index contributed by atoms with van der Waals surface area (Å²) in [5.74, 6) is -0.130. The summed E-state index contributed by atoms with van der Waals surface area (Å²) in [4.78, 5) is 28.4. The van der Waals surface area contributed by atoms with Crippen molar-refractivity contribution in [2.75, 3.05) is 44.8 Å². The van der Waals surface area contributed by atoms with E-state index in [0.29, 0.717) is 36.2 Å². The molecule has 0 aromatic carbocycles. The normalized spacial score (nSPS) is 18.6. The van der Waals surface area contributed by atoms with Crippen molar-refractivity contribution in [2.24, 2.45) is 5.92 Å². The third kappa shape index (κ3) is 4.92. The summed E-state index contributed by atoms with van der Waals surface area (Å²) in [5.41, 5.74) is 1.24. The predicted octanol–water partition coefficient (Wildman–Crippen LogP) is 3.68. The molecule has 0 atom stereocenters. The average molecular weight is 451 g/mol. The zero-order chi connectivity index (χ0) is 20.9. The van der Waals surface area contributed by atoms with Crippen LogP contribution in [0.2, 0.25) is 0 Å². The topological polar surface area (TPSA) is 77.1 Å². The minimum absolute atomic E-state index is 0.0881. The first-order valence-corrected chi connectivity index (χ1v) is 12.0. The molecule has 2 saturated heterocycles. The Balaban J connectivity index is 1.38. The van der Waals surface area contributed by atoms with Crippen molar-refractivity contribution in [3.63, 3.8) is 0 Å². The van der Waals surface area contributed by atoms with Gasteiger partial charge in [-0.1, -0.05) is 6.07 Å². The van der Waals surface area contributed by atoms with Crippen molar-refractivity contribution in [1.29, 1.82) is 0 Å². The highest BCUT2D eigenvalue weighted by Crippen LogP contribution is 2.38. The Morgan fingerprint density at radius 2 is 2.00 bits per heavy atom. The van der Waals surface area contributed by atoms with E-state index in [9.17, 15) is 9.59 Å². The molecule has 4 rings (SSSR count). The lowest BCUT2D eigenvalue weighted by molar-refractivity contribution is -0.119. The number of hydrogen-bond acceptors (Lipinski definition) is 8. The van der Waals surface area contributed by atoms with E-state index in [2.05, 4.69) is 10.2 Å². The summed E-state index contributed by atoms with van der Waals surface area (Å²) in [7, 11) is 0. The highest BCUT2D eigenvalue weighted by atomic mass is 32.1. The van der Waals surface area contributed by atoms with Crippen molar-refractivity contribution in [2.45, 2.75) is 26.1 Å². The predicted molar refractivity (Wildman–Crippen MR) is 117 cm³/mol. The standard InChI is InChI=1S/C21H26N2O5S2/c1-2-26-20(25)18-15(16-4-3-11-29-16)13-30-19(18)22-17(24)12-23-7-5-14(6-8-23)21-27-9-10-28-21/h3-4,11,13-14,21H,2,5-10,12H2,1H3,(H,22,24). The molecule has 1 N–H and O–H groups in total. The van der Waals surface area contributed by atoms with E-state index < -0.39 is 5.97 Å². The Morgan fingerprint density at radius 1 is 1.23 bits per heavy atom. The first-order valence-electron chi connectivity index (χ1n) is 10.2. The molecule has 0 radical (unpaired) electrons. The molecule has 162 valence electrons. The number of hydrogen-bond donors (Lipinski definition) is 1. The second-order valence-corrected chi connectivity index (χ2v) is 9.15. The van der Waals surface area contributed by atoms with Crippen molar-refractivity contribution in [1.82, 2.24) is 4.90 Å². The van der Waals surface area contributed by atoms with Gasteiger partial charge in [-0.2, -0.15) is 0 Å². The van der Waals surface area contributed by atoms with Crippen LogP contribution < -0.4 is 5.32 Å². The minimum Gasteiger partial charge on any atom is -0.462 e. The van der Waals surface area contributed by atoms with Crippen LogP contribution >= 0.6 is 22.7 Å². The van der Waals surface area contributed by atoms with Crippen LogP contribution in [0.4, 0.5) is 5.00 Å². The molecule has 7 nitrogen and oxygen atoms in total.